The molecule has 1 aromatic heterocycles. The second-order valence-corrected chi connectivity index (χ2v) is 9.32. The van der Waals surface area contributed by atoms with Crippen LogP contribution in [0, 0.1) is 5.92 Å². The molecule has 0 aliphatic heterocycles. The molecule has 152 valence electrons. The van der Waals surface area contributed by atoms with E-state index in [1.807, 2.05) is 24.3 Å². The Bertz CT molecular complexity index is 913. The first kappa shape index (κ1) is 20.4. The van der Waals surface area contributed by atoms with E-state index in [1.54, 1.807) is 20.8 Å². The Kier molecular flexibility index (Phi) is 5.04. The van der Waals surface area contributed by atoms with Crippen molar-refractivity contribution in [2.24, 2.45) is 5.92 Å². The lowest BCUT2D eigenvalue weighted by atomic mass is 9.66. The molecule has 1 aromatic carbocycles. The maximum absolute atomic E-state index is 13.0. The quantitative estimate of drug-likeness (QED) is 0.707. The Balaban J connectivity index is 2.15. The van der Waals surface area contributed by atoms with Gasteiger partial charge in [-0.05, 0) is 37.3 Å². The fraction of sp³-hybridized carbons (Fsp3) is 0.545. The van der Waals surface area contributed by atoms with E-state index in [-0.39, 0.29) is 23.5 Å². The van der Waals surface area contributed by atoms with Crippen LogP contribution in [-0.4, -0.2) is 33.0 Å². The van der Waals surface area contributed by atoms with Gasteiger partial charge in [0.25, 0.3) is 5.56 Å². The van der Waals surface area contributed by atoms with Crippen molar-refractivity contribution in [1.82, 2.24) is 10.2 Å². The summed E-state index contributed by atoms with van der Waals surface area (Å²) in [5.74, 6) is -1.95. The van der Waals surface area contributed by atoms with Crippen LogP contribution in [0.2, 0.25) is 0 Å². The number of nitrogens with one attached hydrogen (secondary N) is 2. The van der Waals surface area contributed by atoms with Crippen molar-refractivity contribution in [3.63, 3.8) is 0 Å². The van der Waals surface area contributed by atoms with Gasteiger partial charge in [-0.3, -0.25) is 14.7 Å². The van der Waals surface area contributed by atoms with Gasteiger partial charge >= 0.3 is 5.97 Å². The molecule has 3 N–H and O–H groups in total. The number of aliphatic hydroxyl groups is 1. The third-order valence-electron chi connectivity index (χ3n) is 5.49. The molecule has 0 saturated heterocycles. The van der Waals surface area contributed by atoms with Gasteiger partial charge in [0.15, 0.2) is 0 Å². The van der Waals surface area contributed by atoms with Gasteiger partial charge in [0, 0.05) is 23.6 Å². The highest BCUT2D eigenvalue weighted by Crippen LogP contribution is 2.44. The minimum Gasteiger partial charge on any atom is -0.463 e. The molecule has 0 saturated carbocycles. The molecule has 3 atom stereocenters. The third kappa shape index (κ3) is 3.65. The standard InChI is InChI=1S/C22H30N2O4/c1-12(2)28-20(26)18-16(13-7-9-14(10-8-13)21(3,4)5)17-15(11-22(18,6)27)23-24-19(17)25/h7-10,12,16,18,27H,11H2,1-6H3,(H2,23,24,25)/t16-,18-,22-/m0/s1. The first-order chi connectivity index (χ1) is 12.9. The van der Waals surface area contributed by atoms with Crippen LogP contribution in [0.4, 0.5) is 0 Å². The highest BCUT2D eigenvalue weighted by Gasteiger charge is 2.51. The van der Waals surface area contributed by atoms with E-state index in [0.717, 1.165) is 11.1 Å². The van der Waals surface area contributed by atoms with E-state index < -0.39 is 23.4 Å². The average Bonchev–Trinajstić information content (AvgIpc) is 2.91. The zero-order chi connectivity index (χ0) is 20.9. The summed E-state index contributed by atoms with van der Waals surface area (Å²) in [5, 5.41) is 16.6. The van der Waals surface area contributed by atoms with E-state index in [4.69, 9.17) is 4.74 Å². The summed E-state index contributed by atoms with van der Waals surface area (Å²) >= 11 is 0. The van der Waals surface area contributed by atoms with Crippen molar-refractivity contribution < 1.29 is 14.6 Å². The number of carbonyl (C=O) groups is 1. The van der Waals surface area contributed by atoms with E-state index >= 15 is 0 Å². The molecule has 6 heteroatoms. The molecule has 0 spiro atoms. The number of benzene rings is 1. The van der Waals surface area contributed by atoms with Crippen molar-refractivity contribution in [2.45, 2.75) is 71.0 Å². The number of hydrogen-bond donors (Lipinski definition) is 3. The lowest BCUT2D eigenvalue weighted by Crippen LogP contribution is -2.50. The van der Waals surface area contributed by atoms with E-state index in [2.05, 4.69) is 31.0 Å². The van der Waals surface area contributed by atoms with Crippen LogP contribution in [0.3, 0.4) is 0 Å². The van der Waals surface area contributed by atoms with Crippen LogP contribution in [0.25, 0.3) is 0 Å². The molecule has 1 aliphatic carbocycles. The smallest absolute Gasteiger partial charge is 0.313 e. The molecule has 2 aromatic rings. The number of hydrogen-bond acceptors (Lipinski definition) is 4. The van der Waals surface area contributed by atoms with Crippen molar-refractivity contribution in [3.05, 3.63) is 57.0 Å². The number of H-pyrrole nitrogens is 2. The lowest BCUT2D eigenvalue weighted by Gasteiger charge is -2.40. The maximum atomic E-state index is 13.0. The van der Waals surface area contributed by atoms with Gasteiger partial charge in [-0.25, -0.2) is 0 Å². The first-order valence-corrected chi connectivity index (χ1v) is 9.74. The van der Waals surface area contributed by atoms with Crippen molar-refractivity contribution in [3.8, 4) is 0 Å². The van der Waals surface area contributed by atoms with Gasteiger partial charge < -0.3 is 14.9 Å². The Morgan fingerprint density at radius 2 is 1.82 bits per heavy atom. The van der Waals surface area contributed by atoms with Gasteiger partial charge in [0.05, 0.1) is 17.6 Å². The van der Waals surface area contributed by atoms with Crippen LogP contribution >= 0.6 is 0 Å². The Hall–Kier alpha value is -2.34. The zero-order valence-corrected chi connectivity index (χ0v) is 17.4. The third-order valence-corrected chi connectivity index (χ3v) is 5.49. The molecule has 0 amide bonds. The van der Waals surface area contributed by atoms with Crippen molar-refractivity contribution >= 4 is 5.97 Å². The number of ether oxygens (including phenoxy) is 1. The SMILES string of the molecule is CC(C)OC(=O)[C@@H]1[C@@H](c2ccc(C(C)(C)C)cc2)c2c([nH][nH]c2=O)C[C@]1(C)O. The number of carbonyl (C=O) groups excluding carboxylic acids is 1. The summed E-state index contributed by atoms with van der Waals surface area (Å²) in [6.07, 6.45) is -0.131. The molecule has 1 aliphatic rings. The van der Waals surface area contributed by atoms with E-state index in [9.17, 15) is 14.7 Å². The highest BCUT2D eigenvalue weighted by atomic mass is 16.5. The van der Waals surface area contributed by atoms with Crippen LogP contribution in [-0.2, 0) is 21.4 Å². The highest BCUT2D eigenvalue weighted by molar-refractivity contribution is 5.77. The molecule has 0 bridgehead atoms. The van der Waals surface area contributed by atoms with Gasteiger partial charge in [0.2, 0.25) is 0 Å². The number of aromatic nitrogens is 2. The normalized spacial score (nSPS) is 24.9. The molecule has 28 heavy (non-hydrogen) atoms. The van der Waals surface area contributed by atoms with Crippen LogP contribution < -0.4 is 5.56 Å². The summed E-state index contributed by atoms with van der Waals surface area (Å²) in [7, 11) is 0. The molecular weight excluding hydrogens is 356 g/mol. The molecule has 6 nitrogen and oxygen atoms in total. The lowest BCUT2D eigenvalue weighted by molar-refractivity contribution is -0.163. The minimum atomic E-state index is -1.35. The van der Waals surface area contributed by atoms with E-state index in [1.165, 1.54) is 0 Å². The van der Waals surface area contributed by atoms with E-state index in [0.29, 0.717) is 11.3 Å². The molecule has 3 rings (SSSR count). The Morgan fingerprint density at radius 1 is 1.21 bits per heavy atom. The number of aromatic amines is 2. The van der Waals surface area contributed by atoms with Crippen LogP contribution in [0.15, 0.2) is 29.1 Å². The summed E-state index contributed by atoms with van der Waals surface area (Å²) in [4.78, 5) is 25.5. The maximum Gasteiger partial charge on any atom is 0.313 e. The monoisotopic (exact) mass is 386 g/mol. The minimum absolute atomic E-state index is 0.0106. The fourth-order valence-electron chi connectivity index (χ4n) is 4.11. The summed E-state index contributed by atoms with van der Waals surface area (Å²) in [5.41, 5.74) is 1.47. The number of rotatable bonds is 3. The average molecular weight is 386 g/mol. The van der Waals surface area contributed by atoms with Gasteiger partial charge in [0.1, 0.15) is 0 Å². The predicted molar refractivity (Wildman–Crippen MR) is 107 cm³/mol. The summed E-state index contributed by atoms with van der Waals surface area (Å²) in [6, 6.07) is 7.92. The first-order valence-electron chi connectivity index (χ1n) is 9.74. The topological polar surface area (TPSA) is 95.2 Å². The molecule has 1 heterocycles. The van der Waals surface area contributed by atoms with Crippen LogP contribution in [0.1, 0.15) is 69.8 Å². The Morgan fingerprint density at radius 3 is 2.36 bits per heavy atom. The van der Waals surface area contributed by atoms with Gasteiger partial charge in [-0.2, -0.15) is 0 Å². The Labute approximate surface area is 165 Å². The van der Waals surface area contributed by atoms with Gasteiger partial charge in [-0.15, -0.1) is 0 Å². The van der Waals surface area contributed by atoms with Gasteiger partial charge in [-0.1, -0.05) is 45.0 Å². The molecule has 0 radical (unpaired) electrons. The number of esters is 1. The second kappa shape index (κ2) is 6.92. The summed E-state index contributed by atoms with van der Waals surface area (Å²) < 4.78 is 5.47. The second-order valence-electron chi connectivity index (χ2n) is 9.32. The molecule has 0 unspecified atom stereocenters. The fourth-order valence-corrected chi connectivity index (χ4v) is 4.11. The number of fused-ring (bicyclic) bond motifs is 1. The molecule has 0 fully saturated rings. The zero-order valence-electron chi connectivity index (χ0n) is 17.4. The van der Waals surface area contributed by atoms with Crippen molar-refractivity contribution in [1.29, 1.82) is 0 Å². The largest absolute Gasteiger partial charge is 0.463 e. The van der Waals surface area contributed by atoms with Crippen molar-refractivity contribution in [2.75, 3.05) is 0 Å². The summed E-state index contributed by atoms with van der Waals surface area (Å²) in [6.45, 7) is 11.6. The van der Waals surface area contributed by atoms with Crippen LogP contribution in [0.5, 0.6) is 0 Å². The predicted octanol–water partition coefficient (Wildman–Crippen LogP) is 3.01. The molecular formula is C22H30N2O4.